The summed E-state index contributed by atoms with van der Waals surface area (Å²) in [6.45, 7) is 10.3. The first kappa shape index (κ1) is 19.6. The highest BCUT2D eigenvalue weighted by atomic mass is 16.5. The van der Waals surface area contributed by atoms with E-state index in [0.717, 1.165) is 0 Å². The van der Waals surface area contributed by atoms with Crippen LogP contribution in [0.4, 0.5) is 0 Å². The summed E-state index contributed by atoms with van der Waals surface area (Å²) < 4.78 is 16.9. The van der Waals surface area contributed by atoms with Gasteiger partial charge in [-0.2, -0.15) is 0 Å². The number of methoxy groups -OCH3 is 2. The molecule has 2 rings (SSSR count). The molecule has 0 aliphatic carbocycles. The van der Waals surface area contributed by atoms with Gasteiger partial charge in [0.2, 0.25) is 0 Å². The molecule has 0 fully saturated rings. The third kappa shape index (κ3) is 2.95. The van der Waals surface area contributed by atoms with Crippen LogP contribution in [0.25, 0.3) is 5.57 Å². The van der Waals surface area contributed by atoms with Crippen molar-refractivity contribution in [3.63, 3.8) is 0 Å². The number of carbonyl (C=O) groups excluding carboxylic acids is 3. The van der Waals surface area contributed by atoms with Crippen LogP contribution >= 0.6 is 0 Å². The predicted molar refractivity (Wildman–Crippen MR) is 94.3 cm³/mol. The lowest BCUT2D eigenvalue weighted by atomic mass is 10.1. The van der Waals surface area contributed by atoms with E-state index in [9.17, 15) is 14.4 Å². The number of aromatic nitrogens is 1. The molecule has 2 heterocycles. The number of likely N-dealkylation sites (N-methyl/N-ethyl adjacent to an activating group) is 1. The van der Waals surface area contributed by atoms with E-state index >= 15 is 0 Å². The van der Waals surface area contributed by atoms with Gasteiger partial charge in [0.05, 0.1) is 32.1 Å². The maximum absolute atomic E-state index is 12.9. The first-order valence-electron chi connectivity index (χ1n) is 8.39. The van der Waals surface area contributed by atoms with E-state index in [1.165, 1.54) is 14.2 Å². The Kier molecular flexibility index (Phi) is 5.74. The molecule has 1 amide bonds. The number of carbonyl (C=O) groups is 3. The Morgan fingerprint density at radius 1 is 1.27 bits per heavy atom. The predicted octanol–water partition coefficient (Wildman–Crippen LogP) is 1.90. The molecule has 26 heavy (non-hydrogen) atoms. The molecule has 8 nitrogen and oxygen atoms in total. The number of fused-ring (bicyclic) bond motifs is 1. The van der Waals surface area contributed by atoms with Crippen LogP contribution in [0.5, 0.6) is 5.75 Å². The van der Waals surface area contributed by atoms with Crippen molar-refractivity contribution in [2.45, 2.75) is 26.8 Å². The number of hydrogen-bond donors (Lipinski definition) is 0. The first-order chi connectivity index (χ1) is 12.3. The summed E-state index contributed by atoms with van der Waals surface area (Å²) in [5.41, 5.74) is 0.373. The summed E-state index contributed by atoms with van der Waals surface area (Å²) in [4.78, 5) is 39.3. The number of hydrogen-bond acceptors (Lipinski definition) is 6. The van der Waals surface area contributed by atoms with Crippen LogP contribution in [0.15, 0.2) is 6.58 Å². The summed E-state index contributed by atoms with van der Waals surface area (Å²) in [6, 6.07) is -0.198. The lowest BCUT2D eigenvalue weighted by molar-refractivity contribution is -0.133. The van der Waals surface area contributed by atoms with Crippen LogP contribution in [0.1, 0.15) is 53.4 Å². The van der Waals surface area contributed by atoms with Gasteiger partial charge < -0.3 is 23.7 Å². The highest BCUT2D eigenvalue weighted by molar-refractivity contribution is 6.19. The molecule has 1 atom stereocenters. The van der Waals surface area contributed by atoms with Crippen molar-refractivity contribution in [2.75, 3.05) is 33.9 Å². The third-order valence-corrected chi connectivity index (χ3v) is 4.36. The van der Waals surface area contributed by atoms with E-state index < -0.39 is 11.9 Å². The van der Waals surface area contributed by atoms with Gasteiger partial charge in [-0.3, -0.25) is 4.79 Å². The van der Waals surface area contributed by atoms with E-state index in [0.29, 0.717) is 13.1 Å². The van der Waals surface area contributed by atoms with Crippen molar-refractivity contribution < 1.29 is 28.6 Å². The summed E-state index contributed by atoms with van der Waals surface area (Å²) in [5.74, 6) is -1.58. The molecule has 0 N–H and O–H groups in total. The van der Waals surface area contributed by atoms with E-state index in [-0.39, 0.29) is 46.8 Å². The molecule has 1 aliphatic heterocycles. The minimum absolute atomic E-state index is 0.0119. The minimum Gasteiger partial charge on any atom is -0.493 e. The van der Waals surface area contributed by atoms with Gasteiger partial charge in [0.1, 0.15) is 5.56 Å². The summed E-state index contributed by atoms with van der Waals surface area (Å²) in [5, 5.41) is 0. The second-order valence-corrected chi connectivity index (χ2v) is 5.86. The molecule has 0 bridgehead atoms. The molecule has 8 heteroatoms. The van der Waals surface area contributed by atoms with Crippen LogP contribution in [-0.4, -0.2) is 61.2 Å². The molecule has 0 saturated carbocycles. The third-order valence-electron chi connectivity index (χ3n) is 4.36. The average Bonchev–Trinajstić information content (AvgIpc) is 2.99. The van der Waals surface area contributed by atoms with Crippen LogP contribution in [0, 0.1) is 0 Å². The quantitative estimate of drug-likeness (QED) is 0.566. The number of esters is 2. The zero-order valence-electron chi connectivity index (χ0n) is 15.7. The second kappa shape index (κ2) is 7.63. The Hall–Kier alpha value is -2.77. The average molecular weight is 364 g/mol. The maximum Gasteiger partial charge on any atom is 0.344 e. The molecule has 0 spiro atoms. The smallest absolute Gasteiger partial charge is 0.344 e. The molecule has 0 aromatic carbocycles. The number of nitrogens with zero attached hydrogens (tertiary/aromatic N) is 2. The van der Waals surface area contributed by atoms with Gasteiger partial charge in [0.15, 0.2) is 11.4 Å². The SMILES string of the molecule is C=C(C(=O)OC)c1c(C(=O)OCC)c(OC)c2n1[C@@H](C)CN(CC)C2=O. The topological polar surface area (TPSA) is 87.1 Å². The number of amides is 1. The van der Waals surface area contributed by atoms with Gasteiger partial charge >= 0.3 is 11.9 Å². The molecule has 1 aromatic heterocycles. The zero-order valence-corrected chi connectivity index (χ0v) is 15.7. The Labute approximate surface area is 152 Å². The molecule has 1 aromatic rings. The fourth-order valence-electron chi connectivity index (χ4n) is 3.22. The van der Waals surface area contributed by atoms with E-state index in [2.05, 4.69) is 6.58 Å². The largest absolute Gasteiger partial charge is 0.493 e. The Bertz CT molecular complexity index is 764. The minimum atomic E-state index is -0.698. The fourth-order valence-corrected chi connectivity index (χ4v) is 3.22. The van der Waals surface area contributed by atoms with Crippen LogP contribution in [0.3, 0.4) is 0 Å². The maximum atomic E-state index is 12.9. The van der Waals surface area contributed by atoms with Crippen molar-refractivity contribution in [2.24, 2.45) is 0 Å². The van der Waals surface area contributed by atoms with Gasteiger partial charge in [-0.25, -0.2) is 9.59 Å². The van der Waals surface area contributed by atoms with Crippen LogP contribution in [0.2, 0.25) is 0 Å². The van der Waals surface area contributed by atoms with Gasteiger partial charge in [-0.05, 0) is 20.8 Å². The molecule has 0 saturated heterocycles. The van der Waals surface area contributed by atoms with Crippen molar-refractivity contribution in [1.29, 1.82) is 0 Å². The van der Waals surface area contributed by atoms with Gasteiger partial charge in [0, 0.05) is 19.1 Å². The molecule has 0 unspecified atom stereocenters. The van der Waals surface area contributed by atoms with Gasteiger partial charge in [0.25, 0.3) is 5.91 Å². The molecule has 0 radical (unpaired) electrons. The van der Waals surface area contributed by atoms with Crippen molar-refractivity contribution in [3.05, 3.63) is 23.5 Å². The fraction of sp³-hybridized carbons (Fsp3) is 0.500. The second-order valence-electron chi connectivity index (χ2n) is 5.86. The Morgan fingerprint density at radius 3 is 2.42 bits per heavy atom. The lowest BCUT2D eigenvalue weighted by Gasteiger charge is -2.33. The van der Waals surface area contributed by atoms with Gasteiger partial charge in [-0.1, -0.05) is 6.58 Å². The number of rotatable bonds is 6. The standard InChI is InChI=1S/C18H24N2O6/c1-7-19-9-10(3)20-13(11(4)17(22)25-6)12(18(23)26-8-2)15(24-5)14(20)16(19)21/h10H,4,7-9H2,1-3,5-6H3/t10-/m0/s1. The van der Waals surface area contributed by atoms with Crippen molar-refractivity contribution >= 4 is 23.4 Å². The van der Waals surface area contributed by atoms with Crippen LogP contribution in [-0.2, 0) is 14.3 Å². The lowest BCUT2D eigenvalue weighted by Crippen LogP contribution is -2.42. The van der Waals surface area contributed by atoms with Crippen molar-refractivity contribution in [1.82, 2.24) is 9.47 Å². The highest BCUT2D eigenvalue weighted by Crippen LogP contribution is 2.40. The normalized spacial score (nSPS) is 16.1. The summed E-state index contributed by atoms with van der Waals surface area (Å²) in [7, 11) is 2.59. The van der Waals surface area contributed by atoms with Crippen molar-refractivity contribution in [3.8, 4) is 5.75 Å². The van der Waals surface area contributed by atoms with E-state index in [1.807, 2.05) is 13.8 Å². The molecular weight excluding hydrogens is 340 g/mol. The first-order valence-corrected chi connectivity index (χ1v) is 8.39. The Balaban J connectivity index is 2.85. The highest BCUT2D eigenvalue weighted by Gasteiger charge is 2.41. The van der Waals surface area contributed by atoms with E-state index in [4.69, 9.17) is 14.2 Å². The zero-order chi connectivity index (χ0) is 19.6. The Morgan fingerprint density at radius 2 is 1.92 bits per heavy atom. The summed E-state index contributed by atoms with van der Waals surface area (Å²) >= 11 is 0. The van der Waals surface area contributed by atoms with Crippen LogP contribution < -0.4 is 4.74 Å². The summed E-state index contributed by atoms with van der Waals surface area (Å²) in [6.07, 6.45) is 0. The number of ether oxygens (including phenoxy) is 3. The molecule has 1 aliphatic rings. The van der Waals surface area contributed by atoms with Gasteiger partial charge in [-0.15, -0.1) is 0 Å². The molecular formula is C18H24N2O6. The monoisotopic (exact) mass is 364 g/mol. The van der Waals surface area contributed by atoms with E-state index in [1.54, 1.807) is 16.4 Å². The molecule has 142 valence electrons.